The molecule has 168 valence electrons. The van der Waals surface area contributed by atoms with E-state index in [-0.39, 0.29) is 12.5 Å². The highest BCUT2D eigenvalue weighted by molar-refractivity contribution is 6.30. The molecule has 0 aliphatic heterocycles. The number of hydrogen-bond donors (Lipinski definition) is 1. The van der Waals surface area contributed by atoms with Crippen molar-refractivity contribution in [1.82, 2.24) is 30.2 Å². The van der Waals surface area contributed by atoms with E-state index in [1.807, 2.05) is 79.0 Å². The Bertz CT molecular complexity index is 1460. The number of nitrogens with zero attached hydrogens (tertiary/aromatic N) is 6. The van der Waals surface area contributed by atoms with Crippen molar-refractivity contribution in [2.75, 3.05) is 0 Å². The first kappa shape index (κ1) is 21.5. The van der Waals surface area contributed by atoms with Gasteiger partial charge in [0, 0.05) is 39.8 Å². The Labute approximate surface area is 200 Å². The zero-order valence-corrected chi connectivity index (χ0v) is 18.8. The maximum atomic E-state index is 12.3. The maximum absolute atomic E-state index is 12.3. The molecule has 2 aromatic heterocycles. The second kappa shape index (κ2) is 9.68. The van der Waals surface area contributed by atoms with Gasteiger partial charge in [-0.3, -0.25) is 4.79 Å². The highest BCUT2D eigenvalue weighted by Gasteiger charge is 2.10. The number of para-hydroxylation sites is 1. The molecule has 0 aliphatic rings. The number of aromatic nitrogens is 5. The predicted molar refractivity (Wildman–Crippen MR) is 131 cm³/mol. The van der Waals surface area contributed by atoms with Gasteiger partial charge in [0.1, 0.15) is 6.54 Å². The Morgan fingerprint density at radius 3 is 2.59 bits per heavy atom. The molecule has 0 radical (unpaired) electrons. The Kier molecular flexibility index (Phi) is 6.13. The Balaban J connectivity index is 1.26. The zero-order valence-electron chi connectivity index (χ0n) is 18.0. The molecule has 9 heteroatoms. The minimum atomic E-state index is -0.349. The van der Waals surface area contributed by atoms with Crippen LogP contribution in [0.15, 0.2) is 90.2 Å². The Hall–Kier alpha value is -4.30. The first-order chi connectivity index (χ1) is 16.7. The largest absolute Gasteiger partial charge is 0.342 e. The zero-order chi connectivity index (χ0) is 23.3. The lowest BCUT2D eigenvalue weighted by molar-refractivity contribution is -0.122. The van der Waals surface area contributed by atoms with Crippen LogP contribution in [0, 0.1) is 0 Å². The summed E-state index contributed by atoms with van der Waals surface area (Å²) < 4.78 is 2.15. The van der Waals surface area contributed by atoms with Crippen molar-refractivity contribution < 1.29 is 4.79 Å². The molecule has 0 aliphatic carbocycles. The van der Waals surface area contributed by atoms with E-state index in [1.165, 1.54) is 4.80 Å². The Morgan fingerprint density at radius 1 is 1.00 bits per heavy atom. The summed E-state index contributed by atoms with van der Waals surface area (Å²) in [6.07, 6.45) is 3.66. The molecule has 5 aromatic rings. The SMILES string of the molecule is O=C(Cn1nnc(-c2ccccc2)n1)N/N=C/c1cn(Cc2ccc(Cl)cc2)c2ccccc12. The van der Waals surface area contributed by atoms with Crippen molar-refractivity contribution in [2.24, 2.45) is 5.10 Å². The topological polar surface area (TPSA) is 90.0 Å². The van der Waals surface area contributed by atoms with Gasteiger partial charge < -0.3 is 4.57 Å². The van der Waals surface area contributed by atoms with Crippen LogP contribution in [0.5, 0.6) is 0 Å². The lowest BCUT2D eigenvalue weighted by Crippen LogP contribution is -2.24. The maximum Gasteiger partial charge on any atom is 0.263 e. The van der Waals surface area contributed by atoms with Crippen LogP contribution in [0.3, 0.4) is 0 Å². The predicted octanol–water partition coefficient (Wildman–Crippen LogP) is 4.15. The van der Waals surface area contributed by atoms with Crippen molar-refractivity contribution in [3.05, 3.63) is 101 Å². The lowest BCUT2D eigenvalue weighted by atomic mass is 10.2. The van der Waals surface area contributed by atoms with Crippen molar-refractivity contribution >= 4 is 34.6 Å². The summed E-state index contributed by atoms with van der Waals surface area (Å²) in [6.45, 7) is 0.606. The summed E-state index contributed by atoms with van der Waals surface area (Å²) in [7, 11) is 0. The molecule has 34 heavy (non-hydrogen) atoms. The van der Waals surface area contributed by atoms with Crippen LogP contribution in [0.25, 0.3) is 22.3 Å². The summed E-state index contributed by atoms with van der Waals surface area (Å²) in [4.78, 5) is 13.6. The van der Waals surface area contributed by atoms with E-state index in [0.29, 0.717) is 17.4 Å². The van der Waals surface area contributed by atoms with E-state index in [1.54, 1.807) is 6.21 Å². The lowest BCUT2D eigenvalue weighted by Gasteiger charge is -2.05. The molecule has 5 rings (SSSR count). The molecule has 0 atom stereocenters. The van der Waals surface area contributed by atoms with Gasteiger partial charge >= 0.3 is 0 Å². The van der Waals surface area contributed by atoms with Gasteiger partial charge in [-0.25, -0.2) is 5.43 Å². The van der Waals surface area contributed by atoms with Gasteiger partial charge in [-0.15, -0.1) is 10.2 Å². The van der Waals surface area contributed by atoms with Crippen LogP contribution >= 0.6 is 11.6 Å². The molecule has 0 bridgehead atoms. The molecule has 1 N–H and O–H groups in total. The fourth-order valence-electron chi connectivity index (χ4n) is 3.65. The summed E-state index contributed by atoms with van der Waals surface area (Å²) >= 11 is 6.01. The number of tetrazole rings is 1. The average molecular weight is 470 g/mol. The molecule has 2 heterocycles. The number of rotatable bonds is 7. The Morgan fingerprint density at radius 2 is 1.76 bits per heavy atom. The number of amides is 1. The van der Waals surface area contributed by atoms with Gasteiger partial charge in [-0.2, -0.15) is 9.90 Å². The number of carbonyl (C=O) groups is 1. The van der Waals surface area contributed by atoms with Crippen LogP contribution in [-0.4, -0.2) is 36.9 Å². The van der Waals surface area contributed by atoms with E-state index < -0.39 is 0 Å². The summed E-state index contributed by atoms with van der Waals surface area (Å²) in [5.41, 5.74) is 6.48. The van der Waals surface area contributed by atoms with E-state index in [9.17, 15) is 4.79 Å². The standard InChI is InChI=1S/C25H20ClN7O/c26-21-12-10-18(11-13-21)15-32-16-20(22-8-4-5-9-23(22)32)14-27-28-24(34)17-33-30-25(29-31-33)19-6-2-1-3-7-19/h1-14,16H,15,17H2,(H,28,34)/b27-14+. The smallest absolute Gasteiger partial charge is 0.263 e. The highest BCUT2D eigenvalue weighted by Crippen LogP contribution is 2.22. The van der Waals surface area contributed by atoms with Crippen LogP contribution in [0.2, 0.25) is 5.02 Å². The molecule has 1 amide bonds. The number of carbonyl (C=O) groups excluding carboxylic acids is 1. The number of hydrazone groups is 1. The van der Waals surface area contributed by atoms with Gasteiger partial charge in [-0.05, 0) is 29.0 Å². The normalized spacial score (nSPS) is 11.3. The van der Waals surface area contributed by atoms with Crippen LogP contribution in [0.4, 0.5) is 0 Å². The monoisotopic (exact) mass is 469 g/mol. The van der Waals surface area contributed by atoms with Crippen LogP contribution < -0.4 is 5.43 Å². The van der Waals surface area contributed by atoms with Crippen molar-refractivity contribution in [3.63, 3.8) is 0 Å². The number of fused-ring (bicyclic) bond motifs is 1. The third kappa shape index (κ3) is 4.87. The molecule has 0 saturated heterocycles. The molecule has 8 nitrogen and oxygen atoms in total. The van der Waals surface area contributed by atoms with Gasteiger partial charge in [-0.1, -0.05) is 72.3 Å². The van der Waals surface area contributed by atoms with Gasteiger partial charge in [0.2, 0.25) is 5.82 Å². The minimum absolute atomic E-state index is 0.0878. The number of nitrogens with one attached hydrogen (secondary N) is 1. The second-order valence-electron chi connectivity index (χ2n) is 7.66. The molecular weight excluding hydrogens is 450 g/mol. The van der Waals surface area contributed by atoms with E-state index >= 15 is 0 Å². The number of halogens is 1. The molecule has 3 aromatic carbocycles. The van der Waals surface area contributed by atoms with E-state index in [4.69, 9.17) is 11.6 Å². The summed E-state index contributed by atoms with van der Waals surface area (Å²) in [5.74, 6) is 0.114. The molecular formula is C25H20ClN7O. The van der Waals surface area contributed by atoms with Gasteiger partial charge in [0.05, 0.1) is 6.21 Å². The van der Waals surface area contributed by atoms with Gasteiger partial charge in [0.15, 0.2) is 0 Å². The van der Waals surface area contributed by atoms with Crippen molar-refractivity contribution in [2.45, 2.75) is 13.1 Å². The highest BCUT2D eigenvalue weighted by atomic mass is 35.5. The summed E-state index contributed by atoms with van der Waals surface area (Å²) in [5, 5.41) is 18.1. The molecule has 0 saturated carbocycles. The van der Waals surface area contributed by atoms with E-state index in [2.05, 4.69) is 36.6 Å². The third-order valence-corrected chi connectivity index (χ3v) is 5.50. The fraction of sp³-hybridized carbons (Fsp3) is 0.0800. The van der Waals surface area contributed by atoms with Gasteiger partial charge in [0.25, 0.3) is 5.91 Å². The first-order valence-corrected chi connectivity index (χ1v) is 11.0. The molecule has 0 spiro atoms. The quantitative estimate of drug-likeness (QED) is 0.286. The first-order valence-electron chi connectivity index (χ1n) is 10.6. The average Bonchev–Trinajstić information content (AvgIpc) is 3.46. The second-order valence-corrected chi connectivity index (χ2v) is 8.10. The van der Waals surface area contributed by atoms with Crippen LogP contribution in [-0.2, 0) is 17.9 Å². The third-order valence-electron chi connectivity index (χ3n) is 5.25. The molecule has 0 unspecified atom stereocenters. The fourth-order valence-corrected chi connectivity index (χ4v) is 3.77. The van der Waals surface area contributed by atoms with Crippen molar-refractivity contribution in [3.8, 4) is 11.4 Å². The van der Waals surface area contributed by atoms with Crippen LogP contribution in [0.1, 0.15) is 11.1 Å². The summed E-state index contributed by atoms with van der Waals surface area (Å²) in [6, 6.07) is 25.3. The number of hydrogen-bond acceptors (Lipinski definition) is 5. The number of benzene rings is 3. The van der Waals surface area contributed by atoms with Crippen molar-refractivity contribution in [1.29, 1.82) is 0 Å². The molecule has 0 fully saturated rings. The van der Waals surface area contributed by atoms with E-state index in [0.717, 1.165) is 27.6 Å². The minimum Gasteiger partial charge on any atom is -0.342 e.